The lowest BCUT2D eigenvalue weighted by Crippen LogP contribution is -2.23. The molecule has 184 valence electrons. The first-order valence-electron chi connectivity index (χ1n) is 11.8. The molecule has 0 bridgehead atoms. The predicted octanol–water partition coefficient (Wildman–Crippen LogP) is 4.75. The second-order valence-corrected chi connectivity index (χ2v) is 9.46. The van der Waals surface area contributed by atoms with Crippen molar-refractivity contribution in [3.63, 3.8) is 0 Å². The lowest BCUT2D eigenvalue weighted by atomic mass is 9.83. The van der Waals surface area contributed by atoms with Crippen molar-refractivity contribution in [2.24, 2.45) is 0 Å². The van der Waals surface area contributed by atoms with Gasteiger partial charge in [0.1, 0.15) is 0 Å². The molecule has 0 saturated carbocycles. The molecule has 1 unspecified atom stereocenters. The molecule has 0 radical (unpaired) electrons. The molecule has 3 aromatic rings. The Morgan fingerprint density at radius 3 is 2.44 bits per heavy atom. The highest BCUT2D eigenvalue weighted by molar-refractivity contribution is 6.41. The van der Waals surface area contributed by atoms with Gasteiger partial charge in [0, 0.05) is 46.8 Å². The van der Waals surface area contributed by atoms with E-state index >= 15 is 0 Å². The Balaban J connectivity index is 1.33. The number of carbonyl (C=O) groups excluding carboxylic acids is 4. The summed E-state index contributed by atoms with van der Waals surface area (Å²) in [5.74, 6) is -1.96. The van der Waals surface area contributed by atoms with Gasteiger partial charge in [0.2, 0.25) is 5.78 Å². The minimum atomic E-state index is -0.844. The largest absolute Gasteiger partial charge is 0.454 e. The molecule has 1 aliphatic heterocycles. The maximum Gasteiger partial charge on any atom is 0.340 e. The Morgan fingerprint density at radius 2 is 1.75 bits per heavy atom. The maximum absolute atomic E-state index is 13.0. The summed E-state index contributed by atoms with van der Waals surface area (Å²) in [6, 6.07) is 11.0. The number of ketones is 3. The van der Waals surface area contributed by atoms with E-state index in [-0.39, 0.29) is 44.9 Å². The molecule has 2 heterocycles. The highest BCUT2D eigenvalue weighted by Crippen LogP contribution is 2.34. The van der Waals surface area contributed by atoms with Gasteiger partial charge < -0.3 is 14.0 Å². The van der Waals surface area contributed by atoms with Gasteiger partial charge in [0.05, 0.1) is 22.3 Å². The van der Waals surface area contributed by atoms with Crippen molar-refractivity contribution < 1.29 is 28.7 Å². The van der Waals surface area contributed by atoms with Crippen LogP contribution < -0.4 is 0 Å². The zero-order valence-corrected chi connectivity index (χ0v) is 20.7. The Labute approximate surface area is 213 Å². The third-order valence-corrected chi connectivity index (χ3v) is 7.26. The highest BCUT2D eigenvalue weighted by Gasteiger charge is 2.33. The lowest BCUT2D eigenvalue weighted by molar-refractivity contribution is 0.0474. The van der Waals surface area contributed by atoms with E-state index in [2.05, 4.69) is 0 Å². The first-order chi connectivity index (χ1) is 17.3. The second kappa shape index (κ2) is 9.48. The molecule has 7 nitrogen and oxygen atoms in total. The molecular formula is C28H24ClNO6. The van der Waals surface area contributed by atoms with E-state index in [0.29, 0.717) is 17.7 Å². The van der Waals surface area contributed by atoms with E-state index in [1.54, 1.807) is 30.3 Å². The summed E-state index contributed by atoms with van der Waals surface area (Å²) in [4.78, 5) is 51.6. The zero-order valence-electron chi connectivity index (χ0n) is 19.9. The second-order valence-electron chi connectivity index (χ2n) is 9.08. The number of carbonyl (C=O) groups is 4. The van der Waals surface area contributed by atoms with Crippen molar-refractivity contribution in [2.45, 2.75) is 39.3 Å². The molecule has 2 aromatic carbocycles. The lowest BCUT2D eigenvalue weighted by Gasteiger charge is -2.19. The van der Waals surface area contributed by atoms with Crippen molar-refractivity contribution in [3.05, 3.63) is 92.3 Å². The Bertz CT molecular complexity index is 1430. The smallest absolute Gasteiger partial charge is 0.340 e. The monoisotopic (exact) mass is 505 g/mol. The van der Waals surface area contributed by atoms with Crippen LogP contribution in [-0.2, 0) is 16.0 Å². The minimum Gasteiger partial charge on any atom is -0.454 e. The number of benzene rings is 2. The van der Waals surface area contributed by atoms with Gasteiger partial charge in [-0.25, -0.2) is 4.79 Å². The molecule has 0 N–H and O–H groups in total. The van der Waals surface area contributed by atoms with E-state index in [1.165, 1.54) is 12.1 Å². The van der Waals surface area contributed by atoms with Gasteiger partial charge in [0.25, 0.3) is 0 Å². The summed E-state index contributed by atoms with van der Waals surface area (Å²) in [5, 5.41) is -0.160. The predicted molar refractivity (Wildman–Crippen MR) is 132 cm³/mol. The van der Waals surface area contributed by atoms with Crippen molar-refractivity contribution in [1.82, 2.24) is 4.57 Å². The van der Waals surface area contributed by atoms with Crippen LogP contribution in [0.2, 0.25) is 5.02 Å². The first-order valence-corrected chi connectivity index (χ1v) is 12.1. The van der Waals surface area contributed by atoms with Crippen LogP contribution in [0.1, 0.15) is 76.8 Å². The SMILES string of the molecule is Cc1cc(C(=O)COC(=O)c2ccc3c(c2Cl)C(=O)c2ccccc2C3=O)c(C)n1CC1CCCO1. The van der Waals surface area contributed by atoms with E-state index in [4.69, 9.17) is 21.1 Å². The molecule has 1 saturated heterocycles. The zero-order chi connectivity index (χ0) is 25.6. The van der Waals surface area contributed by atoms with E-state index in [0.717, 1.165) is 30.8 Å². The number of hydrogen-bond donors (Lipinski definition) is 0. The molecule has 36 heavy (non-hydrogen) atoms. The molecule has 0 spiro atoms. The molecule has 0 amide bonds. The van der Waals surface area contributed by atoms with Crippen molar-refractivity contribution in [3.8, 4) is 0 Å². The van der Waals surface area contributed by atoms with Crippen LogP contribution in [0.25, 0.3) is 0 Å². The quantitative estimate of drug-likeness (QED) is 0.277. The number of aromatic nitrogens is 1. The first kappa shape index (κ1) is 24.2. The highest BCUT2D eigenvalue weighted by atomic mass is 35.5. The van der Waals surface area contributed by atoms with E-state index in [1.807, 2.05) is 18.4 Å². The number of hydrogen-bond acceptors (Lipinski definition) is 6. The summed E-state index contributed by atoms with van der Waals surface area (Å²) < 4.78 is 13.0. The number of rotatable bonds is 6. The van der Waals surface area contributed by atoms with Gasteiger partial charge in [-0.15, -0.1) is 0 Å². The van der Waals surface area contributed by atoms with Crippen molar-refractivity contribution >= 4 is 34.9 Å². The molecule has 1 aromatic heterocycles. The van der Waals surface area contributed by atoms with Gasteiger partial charge in [-0.2, -0.15) is 0 Å². The molecule has 1 aliphatic carbocycles. The topological polar surface area (TPSA) is 91.7 Å². The number of halogens is 1. The summed E-state index contributed by atoms with van der Waals surface area (Å²) in [6.45, 7) is 4.73. The third kappa shape index (κ3) is 4.08. The van der Waals surface area contributed by atoms with Crippen LogP contribution in [-0.4, -0.2) is 47.2 Å². The van der Waals surface area contributed by atoms with Crippen LogP contribution in [0.4, 0.5) is 0 Å². The molecule has 8 heteroatoms. The molecular weight excluding hydrogens is 482 g/mol. The van der Waals surface area contributed by atoms with Gasteiger partial charge in [-0.05, 0) is 44.9 Å². The number of ether oxygens (including phenoxy) is 2. The standard InChI is InChI=1S/C28H24ClNO6/c1-15-12-22(16(2)30(15)13-17-6-5-11-35-17)23(31)14-36-28(34)21-10-9-20-24(25(21)29)27(33)19-8-4-3-7-18(19)26(20)32/h3-4,7-10,12,17H,5-6,11,13-14H2,1-2H3. The van der Waals surface area contributed by atoms with Crippen LogP contribution in [0, 0.1) is 13.8 Å². The van der Waals surface area contributed by atoms with Crippen LogP contribution in [0.5, 0.6) is 0 Å². The summed E-state index contributed by atoms with van der Waals surface area (Å²) in [6.07, 6.45) is 2.14. The number of Topliss-reactive ketones (excluding diaryl/α,β-unsaturated/α-hetero) is 1. The number of nitrogens with zero attached hydrogens (tertiary/aromatic N) is 1. The third-order valence-electron chi connectivity index (χ3n) is 6.87. The van der Waals surface area contributed by atoms with Crippen molar-refractivity contribution in [1.29, 1.82) is 0 Å². The van der Waals surface area contributed by atoms with Gasteiger partial charge in [-0.3, -0.25) is 14.4 Å². The number of fused-ring (bicyclic) bond motifs is 2. The summed E-state index contributed by atoms with van der Waals surface area (Å²) in [7, 11) is 0. The average Bonchev–Trinajstić information content (AvgIpc) is 3.49. The van der Waals surface area contributed by atoms with E-state index in [9.17, 15) is 19.2 Å². The Hall–Kier alpha value is -3.55. The summed E-state index contributed by atoms with van der Waals surface area (Å²) >= 11 is 6.44. The fraction of sp³-hybridized carbons (Fsp3) is 0.286. The fourth-order valence-corrected chi connectivity index (χ4v) is 5.27. The number of aryl methyl sites for hydroxylation is 1. The Morgan fingerprint density at radius 1 is 1.03 bits per heavy atom. The average molecular weight is 506 g/mol. The van der Waals surface area contributed by atoms with Crippen LogP contribution >= 0.6 is 11.6 Å². The van der Waals surface area contributed by atoms with Gasteiger partial charge in [0.15, 0.2) is 18.2 Å². The molecule has 2 aliphatic rings. The molecule has 1 fully saturated rings. The van der Waals surface area contributed by atoms with Gasteiger partial charge in [-0.1, -0.05) is 35.9 Å². The number of esters is 1. The van der Waals surface area contributed by atoms with Crippen molar-refractivity contribution in [2.75, 3.05) is 13.2 Å². The van der Waals surface area contributed by atoms with Crippen LogP contribution in [0.15, 0.2) is 42.5 Å². The summed E-state index contributed by atoms with van der Waals surface area (Å²) in [5.41, 5.74) is 2.76. The molecule has 5 rings (SSSR count). The van der Waals surface area contributed by atoms with Crippen LogP contribution in [0.3, 0.4) is 0 Å². The fourth-order valence-electron chi connectivity index (χ4n) is 4.95. The Kier molecular flexibility index (Phi) is 6.36. The normalized spacial score (nSPS) is 16.6. The van der Waals surface area contributed by atoms with Gasteiger partial charge >= 0.3 is 5.97 Å². The van der Waals surface area contributed by atoms with E-state index < -0.39 is 18.4 Å². The molecule has 1 atom stereocenters. The maximum atomic E-state index is 13.0. The minimum absolute atomic E-state index is 0.0289.